The summed E-state index contributed by atoms with van der Waals surface area (Å²) in [5, 5.41) is 8.55. The molecule has 12 heteroatoms. The molecule has 0 aromatic heterocycles. The van der Waals surface area contributed by atoms with E-state index >= 15 is 0 Å². The van der Waals surface area contributed by atoms with E-state index in [-0.39, 0.29) is 12.7 Å². The van der Waals surface area contributed by atoms with Gasteiger partial charge in [-0.15, -0.1) is 0 Å². The maximum atomic E-state index is 11.8. The summed E-state index contributed by atoms with van der Waals surface area (Å²) < 4.78 is 48.2. The van der Waals surface area contributed by atoms with Crippen molar-refractivity contribution in [1.29, 1.82) is 0 Å². The van der Waals surface area contributed by atoms with Crippen LogP contribution in [-0.4, -0.2) is 148 Å². The first-order chi connectivity index (χ1) is 17.4. The van der Waals surface area contributed by atoms with Gasteiger partial charge in [0.25, 0.3) is 0 Å². The van der Waals surface area contributed by atoms with Crippen LogP contribution < -0.4 is 0 Å². The number of rotatable bonds is 26. The number of aliphatic hydroxyl groups excluding tert-OH is 1. The van der Waals surface area contributed by atoms with E-state index in [2.05, 4.69) is 0 Å². The van der Waals surface area contributed by atoms with Crippen LogP contribution in [0.25, 0.3) is 0 Å². The molecule has 0 fully saturated rings. The fraction of sp³-hybridized carbons (Fsp3) is 0.958. The second kappa shape index (κ2) is 25.6. The van der Waals surface area contributed by atoms with Gasteiger partial charge < -0.3 is 52.6 Å². The number of aliphatic hydroxyl groups is 1. The van der Waals surface area contributed by atoms with E-state index in [1.165, 1.54) is 4.90 Å². The minimum absolute atomic E-state index is 0.0238. The van der Waals surface area contributed by atoms with Gasteiger partial charge in [-0.1, -0.05) is 0 Å². The largest absolute Gasteiger partial charge is 0.444 e. The maximum Gasteiger partial charge on any atom is 0.410 e. The lowest BCUT2D eigenvalue weighted by Gasteiger charge is -2.24. The number of amides is 1. The Bertz CT molecular complexity index is 477. The lowest BCUT2D eigenvalue weighted by Crippen LogP contribution is -2.36. The molecule has 0 aliphatic carbocycles. The molecule has 0 aliphatic rings. The van der Waals surface area contributed by atoms with E-state index in [4.69, 9.17) is 47.7 Å². The van der Waals surface area contributed by atoms with Crippen LogP contribution in [0.15, 0.2) is 0 Å². The highest BCUT2D eigenvalue weighted by Crippen LogP contribution is 2.08. The number of likely N-dealkylation sites (N-methyl/N-ethyl adjacent to an activating group) is 1. The van der Waals surface area contributed by atoms with E-state index in [1.54, 1.807) is 7.05 Å². The Balaban J connectivity index is 3.17. The van der Waals surface area contributed by atoms with Crippen molar-refractivity contribution in [1.82, 2.24) is 4.90 Å². The molecular weight excluding hydrogens is 478 g/mol. The molecule has 0 atom stereocenters. The third-order valence-electron chi connectivity index (χ3n) is 4.12. The van der Waals surface area contributed by atoms with Crippen LogP contribution in [0.4, 0.5) is 4.79 Å². The third kappa shape index (κ3) is 27.5. The van der Waals surface area contributed by atoms with E-state index in [0.29, 0.717) is 112 Å². The minimum atomic E-state index is -0.506. The highest BCUT2D eigenvalue weighted by molar-refractivity contribution is 5.67. The molecule has 0 heterocycles. The molecule has 0 aromatic carbocycles. The van der Waals surface area contributed by atoms with E-state index in [0.717, 1.165) is 0 Å². The van der Waals surface area contributed by atoms with Gasteiger partial charge in [0.05, 0.1) is 112 Å². The number of ether oxygens (including phenoxy) is 9. The van der Waals surface area contributed by atoms with Crippen LogP contribution in [0.5, 0.6) is 0 Å². The Morgan fingerprint density at radius 1 is 0.556 bits per heavy atom. The SMILES string of the molecule is CN(CCOCCOCCOCCOCCOCCOCCOCCOCCO)C(=O)OC(C)(C)C. The van der Waals surface area contributed by atoms with Crippen molar-refractivity contribution in [3.8, 4) is 0 Å². The summed E-state index contributed by atoms with van der Waals surface area (Å²) in [6.45, 7) is 13.5. The number of hydrogen-bond acceptors (Lipinski definition) is 11. The summed E-state index contributed by atoms with van der Waals surface area (Å²) in [7, 11) is 1.68. The molecule has 0 rings (SSSR count). The Labute approximate surface area is 216 Å². The van der Waals surface area contributed by atoms with Crippen molar-refractivity contribution in [2.75, 3.05) is 126 Å². The van der Waals surface area contributed by atoms with Gasteiger partial charge in [-0.05, 0) is 20.8 Å². The van der Waals surface area contributed by atoms with Crippen LogP contribution in [-0.2, 0) is 42.6 Å². The van der Waals surface area contributed by atoms with Crippen LogP contribution >= 0.6 is 0 Å². The zero-order valence-electron chi connectivity index (χ0n) is 22.7. The molecule has 0 saturated carbocycles. The van der Waals surface area contributed by atoms with Crippen molar-refractivity contribution >= 4 is 6.09 Å². The first-order valence-electron chi connectivity index (χ1n) is 12.5. The van der Waals surface area contributed by atoms with Crippen LogP contribution in [0.2, 0.25) is 0 Å². The molecule has 0 bridgehead atoms. The predicted octanol–water partition coefficient (Wildman–Crippen LogP) is 0.978. The first kappa shape index (κ1) is 34.9. The zero-order valence-corrected chi connectivity index (χ0v) is 22.7. The lowest BCUT2D eigenvalue weighted by molar-refractivity contribution is -0.0242. The Hall–Kier alpha value is -1.09. The predicted molar refractivity (Wildman–Crippen MR) is 133 cm³/mol. The molecule has 0 radical (unpaired) electrons. The van der Waals surface area contributed by atoms with Crippen molar-refractivity contribution in [2.24, 2.45) is 0 Å². The molecular formula is C24H49NO11. The minimum Gasteiger partial charge on any atom is -0.444 e. The highest BCUT2D eigenvalue weighted by atomic mass is 16.6. The number of carbonyl (C=O) groups is 1. The van der Waals surface area contributed by atoms with Gasteiger partial charge in [0.2, 0.25) is 0 Å². The molecule has 12 nitrogen and oxygen atoms in total. The van der Waals surface area contributed by atoms with Gasteiger partial charge >= 0.3 is 6.09 Å². The maximum absolute atomic E-state index is 11.8. The lowest BCUT2D eigenvalue weighted by atomic mass is 10.2. The van der Waals surface area contributed by atoms with Gasteiger partial charge in [-0.3, -0.25) is 0 Å². The second-order valence-corrected chi connectivity index (χ2v) is 8.52. The molecule has 1 amide bonds. The average molecular weight is 528 g/mol. The fourth-order valence-corrected chi connectivity index (χ4v) is 2.34. The number of carbonyl (C=O) groups excluding carboxylic acids is 1. The second-order valence-electron chi connectivity index (χ2n) is 8.52. The molecule has 36 heavy (non-hydrogen) atoms. The zero-order chi connectivity index (χ0) is 26.7. The summed E-state index contributed by atoms with van der Waals surface area (Å²) in [6, 6.07) is 0. The molecule has 0 spiro atoms. The summed E-state index contributed by atoms with van der Waals surface area (Å²) in [4.78, 5) is 13.3. The van der Waals surface area contributed by atoms with Crippen molar-refractivity contribution in [3.63, 3.8) is 0 Å². The smallest absolute Gasteiger partial charge is 0.410 e. The number of hydrogen-bond donors (Lipinski definition) is 1. The van der Waals surface area contributed by atoms with E-state index in [9.17, 15) is 4.79 Å². The average Bonchev–Trinajstić information content (AvgIpc) is 2.82. The Morgan fingerprint density at radius 3 is 1.11 bits per heavy atom. The van der Waals surface area contributed by atoms with Crippen LogP contribution in [0.3, 0.4) is 0 Å². The highest BCUT2D eigenvalue weighted by Gasteiger charge is 2.19. The summed E-state index contributed by atoms with van der Waals surface area (Å²) in [6.07, 6.45) is -0.363. The van der Waals surface area contributed by atoms with Gasteiger partial charge in [0.1, 0.15) is 5.60 Å². The summed E-state index contributed by atoms with van der Waals surface area (Å²) in [5.74, 6) is 0. The van der Waals surface area contributed by atoms with Crippen LogP contribution in [0, 0.1) is 0 Å². The molecule has 0 unspecified atom stereocenters. The topological polar surface area (TPSA) is 124 Å². The molecule has 0 aliphatic heterocycles. The third-order valence-corrected chi connectivity index (χ3v) is 4.12. The van der Waals surface area contributed by atoms with Crippen molar-refractivity contribution < 1.29 is 52.5 Å². The monoisotopic (exact) mass is 527 g/mol. The molecule has 0 saturated heterocycles. The molecule has 1 N–H and O–H groups in total. The van der Waals surface area contributed by atoms with Gasteiger partial charge in [0, 0.05) is 13.6 Å². The fourth-order valence-electron chi connectivity index (χ4n) is 2.34. The quantitative estimate of drug-likeness (QED) is 0.162. The first-order valence-corrected chi connectivity index (χ1v) is 12.5. The van der Waals surface area contributed by atoms with Crippen molar-refractivity contribution in [2.45, 2.75) is 26.4 Å². The summed E-state index contributed by atoms with van der Waals surface area (Å²) >= 11 is 0. The van der Waals surface area contributed by atoms with Gasteiger partial charge in [-0.2, -0.15) is 0 Å². The van der Waals surface area contributed by atoms with Gasteiger partial charge in [0.15, 0.2) is 0 Å². The normalized spacial score (nSPS) is 11.7. The van der Waals surface area contributed by atoms with E-state index in [1.807, 2.05) is 20.8 Å². The Kier molecular flexibility index (Phi) is 24.8. The number of nitrogens with zero attached hydrogens (tertiary/aromatic N) is 1. The van der Waals surface area contributed by atoms with Gasteiger partial charge in [-0.25, -0.2) is 4.79 Å². The molecule has 0 aromatic rings. The molecule has 216 valence electrons. The van der Waals surface area contributed by atoms with Crippen LogP contribution in [0.1, 0.15) is 20.8 Å². The Morgan fingerprint density at radius 2 is 0.833 bits per heavy atom. The standard InChI is InChI=1S/C24H49NO11/c1-24(2,3)36-23(27)25(4)5-7-28-9-11-30-13-15-32-17-19-34-21-22-35-20-18-33-16-14-31-12-10-29-8-6-26/h26H,5-22H2,1-4H3. The summed E-state index contributed by atoms with van der Waals surface area (Å²) in [5.41, 5.74) is -0.506. The van der Waals surface area contributed by atoms with Crippen molar-refractivity contribution in [3.05, 3.63) is 0 Å². The van der Waals surface area contributed by atoms with E-state index < -0.39 is 5.60 Å².